The second kappa shape index (κ2) is 14.3. The molecule has 0 aliphatic heterocycles. The molecule has 0 amide bonds. The summed E-state index contributed by atoms with van der Waals surface area (Å²) < 4.78 is 46.3. The first-order valence-electron chi connectivity index (χ1n) is 10.3. The van der Waals surface area contributed by atoms with Gasteiger partial charge in [0, 0.05) is 25.4 Å². The van der Waals surface area contributed by atoms with Gasteiger partial charge in [-0.25, -0.2) is 4.99 Å². The summed E-state index contributed by atoms with van der Waals surface area (Å²) in [7, 11) is 0. The predicted octanol–water partition coefficient (Wildman–Crippen LogP) is 4.58. The van der Waals surface area contributed by atoms with E-state index in [9.17, 15) is 13.2 Å². The Morgan fingerprint density at radius 1 is 1.16 bits per heavy atom. The molecule has 2 rings (SSSR count). The Kier molecular flexibility index (Phi) is 12.6. The topological polar surface area (TPSA) is 84.6 Å². The van der Waals surface area contributed by atoms with Gasteiger partial charge in [-0.05, 0) is 24.5 Å². The number of hydrogen-bond acceptors (Lipinski definition) is 5. The fourth-order valence-corrected chi connectivity index (χ4v) is 2.59. The fourth-order valence-electron chi connectivity index (χ4n) is 2.59. The van der Waals surface area contributed by atoms with Gasteiger partial charge in [-0.15, -0.1) is 24.0 Å². The lowest BCUT2D eigenvalue weighted by atomic mass is 10.1. The Bertz CT molecular complexity index is 811. The molecule has 0 fully saturated rings. The van der Waals surface area contributed by atoms with E-state index < -0.39 is 12.8 Å². The van der Waals surface area contributed by atoms with E-state index in [0.29, 0.717) is 36.9 Å². The third kappa shape index (κ3) is 11.1. The highest BCUT2D eigenvalue weighted by Crippen LogP contribution is 2.16. The Balaban J connectivity index is 0.00000512. The van der Waals surface area contributed by atoms with Crippen LogP contribution < -0.4 is 10.6 Å². The van der Waals surface area contributed by atoms with Crippen LogP contribution in [0.3, 0.4) is 0 Å². The monoisotopic (exact) mass is 569 g/mol. The molecule has 0 radical (unpaired) electrons. The standard InChI is InChI=1S/C21H30F3N5O2.HI/c1-4-25-20(26-11-5-6-18-28-19(15(2)3)29-31-18)27-12-16-7-9-17(10-8-16)13-30-14-21(22,23)24;/h7-10,15H,4-6,11-14H2,1-3H3,(H2,25,26,27);1H. The SMILES string of the molecule is CCNC(=NCc1ccc(COCC(F)(F)F)cc1)NCCCc1nc(C(C)C)no1.I. The second-order valence-electron chi connectivity index (χ2n) is 7.35. The molecule has 0 aliphatic carbocycles. The molecule has 1 heterocycles. The molecule has 7 nitrogen and oxygen atoms in total. The average Bonchev–Trinajstić information content (AvgIpc) is 3.19. The lowest BCUT2D eigenvalue weighted by Crippen LogP contribution is -2.37. The van der Waals surface area contributed by atoms with Gasteiger partial charge in [-0.2, -0.15) is 18.2 Å². The predicted molar refractivity (Wildman–Crippen MR) is 127 cm³/mol. The van der Waals surface area contributed by atoms with Crippen molar-refractivity contribution in [3.63, 3.8) is 0 Å². The van der Waals surface area contributed by atoms with Crippen molar-refractivity contribution in [2.75, 3.05) is 19.7 Å². The minimum absolute atomic E-state index is 0. The van der Waals surface area contributed by atoms with Crippen LogP contribution in [0, 0.1) is 0 Å². The van der Waals surface area contributed by atoms with Gasteiger partial charge in [-0.3, -0.25) is 0 Å². The van der Waals surface area contributed by atoms with E-state index in [1.165, 1.54) is 0 Å². The zero-order chi connectivity index (χ0) is 22.7. The second-order valence-corrected chi connectivity index (χ2v) is 7.35. The number of nitrogens with zero attached hydrogens (tertiary/aromatic N) is 3. The molecular formula is C21H31F3IN5O2. The number of benzene rings is 1. The van der Waals surface area contributed by atoms with E-state index in [0.717, 1.165) is 24.4 Å². The van der Waals surface area contributed by atoms with Crippen molar-refractivity contribution in [1.29, 1.82) is 0 Å². The third-order valence-corrected chi connectivity index (χ3v) is 4.18. The highest BCUT2D eigenvalue weighted by Gasteiger charge is 2.27. The van der Waals surface area contributed by atoms with Crippen LogP contribution in [0.25, 0.3) is 0 Å². The van der Waals surface area contributed by atoms with Gasteiger partial charge in [0.05, 0.1) is 13.2 Å². The van der Waals surface area contributed by atoms with Crippen molar-refractivity contribution in [1.82, 2.24) is 20.8 Å². The van der Waals surface area contributed by atoms with Crippen molar-refractivity contribution in [2.45, 2.75) is 58.9 Å². The fraction of sp³-hybridized carbons (Fsp3) is 0.571. The van der Waals surface area contributed by atoms with Gasteiger partial charge in [-0.1, -0.05) is 43.3 Å². The van der Waals surface area contributed by atoms with E-state index in [1.54, 1.807) is 12.1 Å². The Morgan fingerprint density at radius 3 is 2.44 bits per heavy atom. The highest BCUT2D eigenvalue weighted by molar-refractivity contribution is 14.0. The maximum absolute atomic E-state index is 12.1. The van der Waals surface area contributed by atoms with Crippen molar-refractivity contribution in [3.8, 4) is 0 Å². The van der Waals surface area contributed by atoms with Crippen molar-refractivity contribution >= 4 is 29.9 Å². The molecule has 1 aromatic heterocycles. The summed E-state index contributed by atoms with van der Waals surface area (Å²) in [4.78, 5) is 8.90. The van der Waals surface area contributed by atoms with E-state index in [2.05, 4.69) is 30.5 Å². The number of halogens is 4. The van der Waals surface area contributed by atoms with Crippen LogP contribution in [0.1, 0.15) is 56.0 Å². The molecule has 0 saturated carbocycles. The number of rotatable bonds is 11. The maximum Gasteiger partial charge on any atom is 0.411 e. The number of aliphatic imine (C=N–C) groups is 1. The minimum Gasteiger partial charge on any atom is -0.367 e. The summed E-state index contributed by atoms with van der Waals surface area (Å²) in [6.07, 6.45) is -2.81. The van der Waals surface area contributed by atoms with Crippen LogP contribution in [0.4, 0.5) is 13.2 Å². The van der Waals surface area contributed by atoms with Crippen molar-refractivity contribution in [2.24, 2.45) is 4.99 Å². The molecule has 2 aromatic rings. The number of aromatic nitrogens is 2. The van der Waals surface area contributed by atoms with Crippen LogP contribution in [0.15, 0.2) is 33.8 Å². The first-order chi connectivity index (χ1) is 14.8. The van der Waals surface area contributed by atoms with E-state index in [-0.39, 0.29) is 36.5 Å². The average molecular weight is 569 g/mol. The number of guanidine groups is 1. The summed E-state index contributed by atoms with van der Waals surface area (Å²) in [5.41, 5.74) is 1.63. The first kappa shape index (κ1) is 28.1. The Hall–Kier alpha value is -1.89. The number of alkyl halides is 3. The molecule has 1 aromatic carbocycles. The summed E-state index contributed by atoms with van der Waals surface area (Å²) >= 11 is 0. The quantitative estimate of drug-likeness (QED) is 0.179. The lowest BCUT2D eigenvalue weighted by molar-refractivity contribution is -0.176. The largest absolute Gasteiger partial charge is 0.411 e. The van der Waals surface area contributed by atoms with Gasteiger partial charge in [0.15, 0.2) is 11.8 Å². The summed E-state index contributed by atoms with van der Waals surface area (Å²) in [6.45, 7) is 6.56. The van der Waals surface area contributed by atoms with Gasteiger partial charge in [0.2, 0.25) is 5.89 Å². The van der Waals surface area contributed by atoms with E-state index in [1.807, 2.05) is 32.9 Å². The Morgan fingerprint density at radius 2 is 1.84 bits per heavy atom. The zero-order valence-electron chi connectivity index (χ0n) is 18.5. The smallest absolute Gasteiger partial charge is 0.367 e. The zero-order valence-corrected chi connectivity index (χ0v) is 20.9. The van der Waals surface area contributed by atoms with Gasteiger partial charge < -0.3 is 19.9 Å². The van der Waals surface area contributed by atoms with Crippen LogP contribution in [0.2, 0.25) is 0 Å². The number of nitrogens with one attached hydrogen (secondary N) is 2. The molecule has 0 bridgehead atoms. The first-order valence-corrected chi connectivity index (χ1v) is 10.3. The molecule has 0 aliphatic rings. The van der Waals surface area contributed by atoms with Crippen LogP contribution in [-0.4, -0.2) is 42.0 Å². The molecule has 2 N–H and O–H groups in total. The summed E-state index contributed by atoms with van der Waals surface area (Å²) in [6, 6.07) is 7.16. The number of aryl methyl sites for hydroxylation is 1. The van der Waals surface area contributed by atoms with Crippen LogP contribution in [-0.2, 0) is 24.3 Å². The normalized spacial score (nSPS) is 12.0. The van der Waals surface area contributed by atoms with Crippen LogP contribution in [0.5, 0.6) is 0 Å². The molecule has 0 saturated heterocycles. The molecule has 0 unspecified atom stereocenters. The molecule has 0 spiro atoms. The summed E-state index contributed by atoms with van der Waals surface area (Å²) in [5, 5.41) is 10.4. The third-order valence-electron chi connectivity index (χ3n) is 4.18. The van der Waals surface area contributed by atoms with E-state index in [4.69, 9.17) is 4.52 Å². The maximum atomic E-state index is 12.1. The van der Waals surface area contributed by atoms with Gasteiger partial charge >= 0.3 is 6.18 Å². The number of ether oxygens (including phenoxy) is 1. The molecular weight excluding hydrogens is 538 g/mol. The Labute approximate surface area is 203 Å². The van der Waals surface area contributed by atoms with Crippen LogP contribution >= 0.6 is 24.0 Å². The molecule has 0 atom stereocenters. The highest BCUT2D eigenvalue weighted by atomic mass is 127. The van der Waals surface area contributed by atoms with E-state index >= 15 is 0 Å². The van der Waals surface area contributed by atoms with Gasteiger partial charge in [0.25, 0.3) is 0 Å². The van der Waals surface area contributed by atoms with Crippen molar-refractivity contribution in [3.05, 3.63) is 47.1 Å². The molecule has 32 heavy (non-hydrogen) atoms. The molecule has 11 heteroatoms. The van der Waals surface area contributed by atoms with Crippen molar-refractivity contribution < 1.29 is 22.4 Å². The minimum atomic E-state index is -4.31. The lowest BCUT2D eigenvalue weighted by Gasteiger charge is -2.11. The molecule has 180 valence electrons. The summed E-state index contributed by atoms with van der Waals surface area (Å²) in [5.74, 6) is 2.28. The number of hydrogen-bond donors (Lipinski definition) is 2. The van der Waals surface area contributed by atoms with Gasteiger partial charge in [0.1, 0.15) is 6.61 Å².